The van der Waals surface area contributed by atoms with Crippen LogP contribution in [0.3, 0.4) is 0 Å². The number of carbonyl (C=O) groups excluding carboxylic acids is 2. The van der Waals surface area contributed by atoms with Gasteiger partial charge in [-0.1, -0.05) is 12.1 Å². The Morgan fingerprint density at radius 1 is 1.43 bits per heavy atom. The number of ether oxygens (including phenoxy) is 1. The molecule has 1 aromatic carbocycles. The Labute approximate surface area is 81.9 Å². The molecule has 0 bridgehead atoms. The van der Waals surface area contributed by atoms with E-state index in [4.69, 9.17) is 4.74 Å². The summed E-state index contributed by atoms with van der Waals surface area (Å²) in [7, 11) is 0. The van der Waals surface area contributed by atoms with E-state index in [0.29, 0.717) is 18.7 Å². The van der Waals surface area contributed by atoms with Crippen molar-refractivity contribution in [3.05, 3.63) is 29.8 Å². The van der Waals surface area contributed by atoms with Gasteiger partial charge in [0.1, 0.15) is 5.75 Å². The molecule has 1 N–H and O–H groups in total. The molecule has 0 fully saturated rings. The Kier molecular flexibility index (Phi) is 3.67. The molecule has 0 aliphatic heterocycles. The molecule has 0 atom stereocenters. The maximum atomic E-state index is 10.6. The number of carbonyl (C=O) groups is 2. The van der Waals surface area contributed by atoms with Gasteiger partial charge in [-0.25, -0.2) is 0 Å². The van der Waals surface area contributed by atoms with E-state index in [2.05, 4.69) is 5.32 Å². The SMILES string of the molecule is CC(=O)Oc1ccc(CNC=O)cc1. The van der Waals surface area contributed by atoms with Crippen LogP contribution in [0.25, 0.3) is 0 Å². The molecule has 14 heavy (non-hydrogen) atoms. The number of hydrogen-bond acceptors (Lipinski definition) is 3. The Morgan fingerprint density at radius 2 is 2.07 bits per heavy atom. The number of rotatable bonds is 4. The lowest BCUT2D eigenvalue weighted by Gasteiger charge is -2.02. The highest BCUT2D eigenvalue weighted by Gasteiger charge is 1.97. The van der Waals surface area contributed by atoms with Crippen LogP contribution in [0.4, 0.5) is 0 Å². The summed E-state index contributed by atoms with van der Waals surface area (Å²) in [6.07, 6.45) is 0.639. The zero-order valence-electron chi connectivity index (χ0n) is 7.82. The third-order valence-corrected chi connectivity index (χ3v) is 1.57. The number of hydrogen-bond donors (Lipinski definition) is 1. The molecule has 0 aliphatic carbocycles. The Bertz CT molecular complexity index is 319. The molecule has 0 aliphatic rings. The van der Waals surface area contributed by atoms with Crippen LogP contribution in [0.2, 0.25) is 0 Å². The number of esters is 1. The van der Waals surface area contributed by atoms with Crippen molar-refractivity contribution in [2.45, 2.75) is 13.5 Å². The van der Waals surface area contributed by atoms with Crippen molar-refractivity contribution in [3.63, 3.8) is 0 Å². The first kappa shape index (κ1) is 10.2. The van der Waals surface area contributed by atoms with Gasteiger partial charge in [0.05, 0.1) is 0 Å². The van der Waals surface area contributed by atoms with E-state index in [1.165, 1.54) is 6.92 Å². The van der Waals surface area contributed by atoms with Gasteiger partial charge in [-0.15, -0.1) is 0 Å². The minimum atomic E-state index is -0.344. The molecule has 0 saturated carbocycles. The molecule has 0 spiro atoms. The Morgan fingerprint density at radius 3 is 2.57 bits per heavy atom. The van der Waals surface area contributed by atoms with Crippen molar-refractivity contribution < 1.29 is 14.3 Å². The standard InChI is InChI=1S/C10H11NO3/c1-8(13)14-10-4-2-9(3-5-10)6-11-7-12/h2-5,7H,6H2,1H3,(H,11,12). The van der Waals surface area contributed by atoms with E-state index < -0.39 is 0 Å². The van der Waals surface area contributed by atoms with E-state index in [1.807, 2.05) is 0 Å². The van der Waals surface area contributed by atoms with Crippen molar-refractivity contribution in [3.8, 4) is 5.75 Å². The average Bonchev–Trinajstić information content (AvgIpc) is 2.16. The lowest BCUT2D eigenvalue weighted by molar-refractivity contribution is -0.131. The average molecular weight is 193 g/mol. The minimum Gasteiger partial charge on any atom is -0.427 e. The third kappa shape index (κ3) is 3.26. The summed E-state index contributed by atoms with van der Waals surface area (Å²) in [5, 5.41) is 2.54. The van der Waals surface area contributed by atoms with Crippen LogP contribution in [0.5, 0.6) is 5.75 Å². The normalized spacial score (nSPS) is 9.21. The smallest absolute Gasteiger partial charge is 0.308 e. The molecule has 4 heteroatoms. The topological polar surface area (TPSA) is 55.4 Å². The molecule has 0 saturated heterocycles. The van der Waals surface area contributed by atoms with Crippen molar-refractivity contribution >= 4 is 12.4 Å². The van der Waals surface area contributed by atoms with E-state index in [0.717, 1.165) is 5.56 Å². The fourth-order valence-electron chi connectivity index (χ4n) is 1.00. The first-order valence-corrected chi connectivity index (χ1v) is 4.17. The highest BCUT2D eigenvalue weighted by molar-refractivity contribution is 5.69. The summed E-state index contributed by atoms with van der Waals surface area (Å²) in [5.74, 6) is 0.163. The first-order valence-electron chi connectivity index (χ1n) is 4.17. The highest BCUT2D eigenvalue weighted by Crippen LogP contribution is 2.11. The van der Waals surface area contributed by atoms with Crippen LogP contribution in [0.1, 0.15) is 12.5 Å². The summed E-state index contributed by atoms with van der Waals surface area (Å²) < 4.78 is 4.84. The van der Waals surface area contributed by atoms with Gasteiger partial charge in [0.25, 0.3) is 0 Å². The van der Waals surface area contributed by atoms with Crippen LogP contribution in [-0.2, 0) is 16.1 Å². The molecule has 0 radical (unpaired) electrons. The molecule has 0 aromatic heterocycles. The number of nitrogens with one attached hydrogen (secondary N) is 1. The van der Waals surface area contributed by atoms with Crippen molar-refractivity contribution in [1.82, 2.24) is 5.32 Å². The zero-order chi connectivity index (χ0) is 10.4. The predicted octanol–water partition coefficient (Wildman–Crippen LogP) is 0.858. The van der Waals surface area contributed by atoms with Gasteiger partial charge in [0.2, 0.25) is 6.41 Å². The fourth-order valence-corrected chi connectivity index (χ4v) is 1.00. The van der Waals surface area contributed by atoms with Gasteiger partial charge in [0.15, 0.2) is 0 Å². The predicted molar refractivity (Wildman–Crippen MR) is 50.7 cm³/mol. The molecule has 4 nitrogen and oxygen atoms in total. The van der Waals surface area contributed by atoms with Crippen LogP contribution < -0.4 is 10.1 Å². The van der Waals surface area contributed by atoms with Crippen molar-refractivity contribution in [2.24, 2.45) is 0 Å². The maximum absolute atomic E-state index is 10.6. The molecular formula is C10H11NO3. The number of amides is 1. The quantitative estimate of drug-likeness (QED) is 0.438. The van der Waals surface area contributed by atoms with Crippen LogP contribution in [-0.4, -0.2) is 12.4 Å². The monoisotopic (exact) mass is 193 g/mol. The van der Waals surface area contributed by atoms with Gasteiger partial charge in [0, 0.05) is 13.5 Å². The first-order chi connectivity index (χ1) is 6.72. The van der Waals surface area contributed by atoms with Gasteiger partial charge in [-0.05, 0) is 17.7 Å². The lowest BCUT2D eigenvalue weighted by Crippen LogP contribution is -2.09. The second kappa shape index (κ2) is 5.01. The lowest BCUT2D eigenvalue weighted by atomic mass is 10.2. The highest BCUT2D eigenvalue weighted by atomic mass is 16.5. The van der Waals surface area contributed by atoms with Crippen LogP contribution in [0, 0.1) is 0 Å². The summed E-state index contributed by atoms with van der Waals surface area (Å²) >= 11 is 0. The second-order valence-corrected chi connectivity index (χ2v) is 2.74. The molecular weight excluding hydrogens is 182 g/mol. The van der Waals surface area contributed by atoms with Crippen molar-refractivity contribution in [1.29, 1.82) is 0 Å². The molecule has 0 unspecified atom stereocenters. The van der Waals surface area contributed by atoms with Gasteiger partial charge in [-0.3, -0.25) is 9.59 Å². The molecule has 1 rings (SSSR count). The Balaban J connectivity index is 2.58. The second-order valence-electron chi connectivity index (χ2n) is 2.74. The molecule has 1 aromatic rings. The van der Waals surface area contributed by atoms with Gasteiger partial charge >= 0.3 is 5.97 Å². The van der Waals surface area contributed by atoms with Crippen LogP contribution in [0.15, 0.2) is 24.3 Å². The third-order valence-electron chi connectivity index (χ3n) is 1.57. The van der Waals surface area contributed by atoms with E-state index in [9.17, 15) is 9.59 Å². The molecule has 74 valence electrons. The summed E-state index contributed by atoms with van der Waals surface area (Å²) in [6.45, 7) is 1.83. The van der Waals surface area contributed by atoms with Gasteiger partial charge in [-0.2, -0.15) is 0 Å². The molecule has 1 amide bonds. The van der Waals surface area contributed by atoms with Crippen LogP contribution >= 0.6 is 0 Å². The summed E-state index contributed by atoms with van der Waals surface area (Å²) in [6, 6.07) is 6.94. The fraction of sp³-hybridized carbons (Fsp3) is 0.200. The van der Waals surface area contributed by atoms with E-state index >= 15 is 0 Å². The summed E-state index contributed by atoms with van der Waals surface area (Å²) in [4.78, 5) is 20.6. The number of benzene rings is 1. The van der Waals surface area contributed by atoms with E-state index in [-0.39, 0.29) is 5.97 Å². The largest absolute Gasteiger partial charge is 0.427 e. The minimum absolute atomic E-state index is 0.344. The van der Waals surface area contributed by atoms with Crippen molar-refractivity contribution in [2.75, 3.05) is 0 Å². The summed E-state index contributed by atoms with van der Waals surface area (Å²) in [5.41, 5.74) is 0.952. The zero-order valence-corrected chi connectivity index (χ0v) is 7.82. The Hall–Kier alpha value is -1.84. The van der Waals surface area contributed by atoms with E-state index in [1.54, 1.807) is 24.3 Å². The molecule has 0 heterocycles. The maximum Gasteiger partial charge on any atom is 0.308 e. The van der Waals surface area contributed by atoms with Gasteiger partial charge < -0.3 is 10.1 Å².